The maximum Gasteiger partial charge on any atom is 0.0692 e. The summed E-state index contributed by atoms with van der Waals surface area (Å²) < 4.78 is 11.3. The summed E-state index contributed by atoms with van der Waals surface area (Å²) in [6.07, 6.45) is 4.47. The zero-order valence-corrected chi connectivity index (χ0v) is 12.8. The molecule has 1 saturated heterocycles. The van der Waals surface area contributed by atoms with Crippen LogP contribution in [-0.4, -0.2) is 38.0 Å². The number of nitrogens with one attached hydrogen (secondary N) is 1. The van der Waals surface area contributed by atoms with Gasteiger partial charge in [0.2, 0.25) is 0 Å². The van der Waals surface area contributed by atoms with Crippen molar-refractivity contribution < 1.29 is 9.47 Å². The van der Waals surface area contributed by atoms with Gasteiger partial charge in [0.1, 0.15) is 0 Å². The highest BCUT2D eigenvalue weighted by molar-refractivity contribution is 4.90. The maximum atomic E-state index is 6.02. The first kappa shape index (κ1) is 15.9. The number of hydrogen-bond acceptors (Lipinski definition) is 3. The maximum absolute atomic E-state index is 6.02. The Hall–Kier alpha value is -0.120. The molecule has 0 saturated carbocycles. The predicted octanol–water partition coefficient (Wildman–Crippen LogP) is 2.98. The Morgan fingerprint density at radius 1 is 1.33 bits per heavy atom. The van der Waals surface area contributed by atoms with Crippen molar-refractivity contribution >= 4 is 0 Å². The molecule has 0 aromatic carbocycles. The summed E-state index contributed by atoms with van der Waals surface area (Å²) >= 11 is 0. The molecule has 18 heavy (non-hydrogen) atoms. The molecule has 0 aliphatic carbocycles. The van der Waals surface area contributed by atoms with Crippen LogP contribution < -0.4 is 5.32 Å². The Labute approximate surface area is 113 Å². The summed E-state index contributed by atoms with van der Waals surface area (Å²) in [5.74, 6) is 0.602. The van der Waals surface area contributed by atoms with Crippen molar-refractivity contribution in [1.82, 2.24) is 5.32 Å². The SMILES string of the molecule is CCC1(CC)CC(NC(COC)C(C)C)CCO1. The molecule has 3 nitrogen and oxygen atoms in total. The van der Waals surface area contributed by atoms with Gasteiger partial charge in [0, 0.05) is 25.8 Å². The van der Waals surface area contributed by atoms with Gasteiger partial charge in [0.15, 0.2) is 0 Å². The third kappa shape index (κ3) is 4.22. The van der Waals surface area contributed by atoms with Gasteiger partial charge < -0.3 is 14.8 Å². The van der Waals surface area contributed by atoms with E-state index in [4.69, 9.17) is 9.47 Å². The van der Waals surface area contributed by atoms with Gasteiger partial charge >= 0.3 is 0 Å². The van der Waals surface area contributed by atoms with Crippen molar-refractivity contribution in [1.29, 1.82) is 0 Å². The van der Waals surface area contributed by atoms with Gasteiger partial charge in [-0.2, -0.15) is 0 Å². The van der Waals surface area contributed by atoms with Crippen LogP contribution in [-0.2, 0) is 9.47 Å². The van der Waals surface area contributed by atoms with E-state index in [0.717, 1.165) is 38.9 Å². The fourth-order valence-electron chi connectivity index (χ4n) is 2.83. The van der Waals surface area contributed by atoms with Gasteiger partial charge in [-0.1, -0.05) is 27.7 Å². The van der Waals surface area contributed by atoms with E-state index < -0.39 is 0 Å². The molecule has 2 atom stereocenters. The summed E-state index contributed by atoms with van der Waals surface area (Å²) in [5, 5.41) is 3.77. The lowest BCUT2D eigenvalue weighted by Crippen LogP contribution is -2.51. The Morgan fingerprint density at radius 2 is 2.00 bits per heavy atom. The van der Waals surface area contributed by atoms with E-state index in [1.54, 1.807) is 7.11 Å². The van der Waals surface area contributed by atoms with Crippen molar-refractivity contribution in [2.45, 2.75) is 71.1 Å². The largest absolute Gasteiger partial charge is 0.383 e. The van der Waals surface area contributed by atoms with Gasteiger partial charge in [0.25, 0.3) is 0 Å². The lowest BCUT2D eigenvalue weighted by Gasteiger charge is -2.42. The molecule has 0 amide bonds. The number of hydrogen-bond donors (Lipinski definition) is 1. The molecular weight excluding hydrogens is 226 g/mol. The predicted molar refractivity (Wildman–Crippen MR) is 75.9 cm³/mol. The molecule has 1 N–H and O–H groups in total. The number of ether oxygens (including phenoxy) is 2. The summed E-state index contributed by atoms with van der Waals surface area (Å²) in [7, 11) is 1.78. The van der Waals surface area contributed by atoms with Gasteiger partial charge in [0.05, 0.1) is 12.2 Å². The van der Waals surface area contributed by atoms with Crippen molar-refractivity contribution in [3.05, 3.63) is 0 Å². The van der Waals surface area contributed by atoms with Gasteiger partial charge in [-0.25, -0.2) is 0 Å². The lowest BCUT2D eigenvalue weighted by atomic mass is 9.85. The topological polar surface area (TPSA) is 30.5 Å². The minimum absolute atomic E-state index is 0.102. The first-order valence-electron chi connectivity index (χ1n) is 7.45. The Balaban J connectivity index is 2.55. The Morgan fingerprint density at radius 3 is 2.50 bits per heavy atom. The molecule has 108 valence electrons. The van der Waals surface area contributed by atoms with Crippen molar-refractivity contribution in [3.63, 3.8) is 0 Å². The van der Waals surface area contributed by atoms with Gasteiger partial charge in [-0.05, 0) is 31.6 Å². The Bertz CT molecular complexity index is 227. The fourth-order valence-corrected chi connectivity index (χ4v) is 2.83. The highest BCUT2D eigenvalue weighted by atomic mass is 16.5. The smallest absolute Gasteiger partial charge is 0.0692 e. The lowest BCUT2D eigenvalue weighted by molar-refractivity contribution is -0.0953. The van der Waals surface area contributed by atoms with Crippen molar-refractivity contribution in [2.24, 2.45) is 5.92 Å². The zero-order chi connectivity index (χ0) is 13.6. The first-order valence-corrected chi connectivity index (χ1v) is 7.45. The van der Waals surface area contributed by atoms with Crippen LogP contribution in [0.5, 0.6) is 0 Å². The minimum atomic E-state index is 0.102. The molecule has 1 fully saturated rings. The van der Waals surface area contributed by atoms with Crippen LogP contribution in [0.4, 0.5) is 0 Å². The van der Waals surface area contributed by atoms with Crippen molar-refractivity contribution in [2.75, 3.05) is 20.3 Å². The van der Waals surface area contributed by atoms with Crippen LogP contribution in [0.3, 0.4) is 0 Å². The van der Waals surface area contributed by atoms with E-state index >= 15 is 0 Å². The first-order chi connectivity index (χ1) is 8.56. The van der Waals surface area contributed by atoms with Crippen LogP contribution in [0.25, 0.3) is 0 Å². The van der Waals surface area contributed by atoms with E-state index in [1.807, 2.05) is 0 Å². The average Bonchev–Trinajstić information content (AvgIpc) is 2.38. The van der Waals surface area contributed by atoms with Crippen LogP contribution in [0.1, 0.15) is 53.4 Å². The van der Waals surface area contributed by atoms with E-state index in [2.05, 4.69) is 33.0 Å². The second kappa shape index (κ2) is 7.46. The standard InChI is InChI=1S/C15H31NO2/c1-6-15(7-2)10-13(8-9-18-15)16-14(11-17-5)12(3)4/h12-14,16H,6-11H2,1-5H3. The van der Waals surface area contributed by atoms with E-state index in [-0.39, 0.29) is 5.60 Å². The summed E-state index contributed by atoms with van der Waals surface area (Å²) in [4.78, 5) is 0. The highest BCUT2D eigenvalue weighted by Gasteiger charge is 2.35. The molecule has 0 aromatic heterocycles. The molecule has 1 rings (SSSR count). The molecule has 0 aromatic rings. The summed E-state index contributed by atoms with van der Waals surface area (Å²) in [6.45, 7) is 10.7. The zero-order valence-electron chi connectivity index (χ0n) is 12.8. The molecule has 3 heteroatoms. The molecule has 2 unspecified atom stereocenters. The quantitative estimate of drug-likeness (QED) is 0.760. The average molecular weight is 257 g/mol. The highest BCUT2D eigenvalue weighted by Crippen LogP contribution is 2.31. The normalized spacial score (nSPS) is 25.3. The third-order valence-corrected chi connectivity index (χ3v) is 4.38. The Kier molecular flexibility index (Phi) is 6.61. The molecular formula is C15H31NO2. The minimum Gasteiger partial charge on any atom is -0.383 e. The van der Waals surface area contributed by atoms with Gasteiger partial charge in [-0.3, -0.25) is 0 Å². The second-order valence-corrected chi connectivity index (χ2v) is 5.90. The fraction of sp³-hybridized carbons (Fsp3) is 1.00. The summed E-state index contributed by atoms with van der Waals surface area (Å²) in [6, 6.07) is 1.02. The van der Waals surface area contributed by atoms with E-state index in [9.17, 15) is 0 Å². The van der Waals surface area contributed by atoms with E-state index in [0.29, 0.717) is 18.0 Å². The van der Waals surface area contributed by atoms with Crippen LogP contribution in [0.2, 0.25) is 0 Å². The molecule has 1 aliphatic heterocycles. The second-order valence-electron chi connectivity index (χ2n) is 5.90. The molecule has 0 bridgehead atoms. The number of methoxy groups -OCH3 is 1. The van der Waals surface area contributed by atoms with Crippen LogP contribution in [0, 0.1) is 5.92 Å². The third-order valence-electron chi connectivity index (χ3n) is 4.38. The van der Waals surface area contributed by atoms with Crippen molar-refractivity contribution in [3.8, 4) is 0 Å². The van der Waals surface area contributed by atoms with Crippen LogP contribution in [0.15, 0.2) is 0 Å². The van der Waals surface area contributed by atoms with E-state index in [1.165, 1.54) is 0 Å². The summed E-state index contributed by atoms with van der Waals surface area (Å²) in [5.41, 5.74) is 0.102. The molecule has 1 aliphatic rings. The van der Waals surface area contributed by atoms with Gasteiger partial charge in [-0.15, -0.1) is 0 Å². The van der Waals surface area contributed by atoms with Crippen LogP contribution >= 0.6 is 0 Å². The molecule has 1 heterocycles. The molecule has 0 radical (unpaired) electrons. The monoisotopic (exact) mass is 257 g/mol. The number of rotatable bonds is 7. The molecule has 0 spiro atoms.